The predicted molar refractivity (Wildman–Crippen MR) is 146 cm³/mol. The predicted octanol–water partition coefficient (Wildman–Crippen LogP) is 1.87. The summed E-state index contributed by atoms with van der Waals surface area (Å²) in [5, 5.41) is 19.5. The third kappa shape index (κ3) is 5.53. The van der Waals surface area contributed by atoms with Gasteiger partial charge in [0, 0.05) is 35.1 Å². The van der Waals surface area contributed by atoms with E-state index in [1.165, 1.54) is 28.8 Å². The summed E-state index contributed by atoms with van der Waals surface area (Å²) in [6, 6.07) is 1.69. The molecule has 40 heavy (non-hydrogen) atoms. The van der Waals surface area contributed by atoms with E-state index in [-0.39, 0.29) is 48.1 Å². The van der Waals surface area contributed by atoms with Crippen LogP contribution >= 0.6 is 11.8 Å². The van der Waals surface area contributed by atoms with Crippen molar-refractivity contribution in [3.8, 4) is 6.07 Å². The highest BCUT2D eigenvalue weighted by Gasteiger charge is 2.60. The maximum atomic E-state index is 13.1. The lowest BCUT2D eigenvalue weighted by molar-refractivity contribution is -0.697. The number of nitrogens with zero attached hydrogens (tertiary/aromatic N) is 5. The Morgan fingerprint density at radius 1 is 1.32 bits per heavy atom. The van der Waals surface area contributed by atoms with E-state index in [0.29, 0.717) is 31.6 Å². The van der Waals surface area contributed by atoms with Gasteiger partial charge in [0.1, 0.15) is 31.2 Å². The highest BCUT2D eigenvalue weighted by atomic mass is 32.2. The Labute approximate surface area is 238 Å². The van der Waals surface area contributed by atoms with Crippen LogP contribution in [0.1, 0.15) is 32.4 Å². The molecule has 2 saturated heterocycles. The fourth-order valence-corrected chi connectivity index (χ4v) is 7.38. The Balaban J connectivity index is 1.56. The van der Waals surface area contributed by atoms with Crippen LogP contribution in [0.3, 0.4) is 0 Å². The molecule has 1 aromatic heterocycles. The van der Waals surface area contributed by atoms with Crippen LogP contribution in [-0.4, -0.2) is 80.6 Å². The number of nitriles is 1. The largest absolute Gasteiger partial charge is 0.457 e. The van der Waals surface area contributed by atoms with Crippen molar-refractivity contribution >= 4 is 29.7 Å². The normalized spacial score (nSPS) is 26.2. The number of carbonyl (C=O) groups excluding carboxylic acids is 3. The van der Waals surface area contributed by atoms with Crippen LogP contribution < -0.4 is 4.57 Å². The number of hydrogen-bond acceptors (Lipinski definition) is 8. The molecule has 3 aliphatic rings. The Morgan fingerprint density at radius 3 is 2.65 bits per heavy atom. The molecule has 0 saturated carbocycles. The van der Waals surface area contributed by atoms with Crippen LogP contribution in [0.4, 0.5) is 4.79 Å². The molecular formula is C28H36N5O6S+. The topological polar surface area (TPSA) is 129 Å². The molecule has 0 radical (unpaired) electrons. The maximum absolute atomic E-state index is 13.1. The molecule has 11 nitrogen and oxygen atoms in total. The fraction of sp³-hybridized carbons (Fsp3) is 0.536. The smallest absolute Gasteiger partial charge is 0.410 e. The van der Waals surface area contributed by atoms with Crippen LogP contribution in [0, 0.1) is 23.2 Å². The summed E-state index contributed by atoms with van der Waals surface area (Å²) in [5.41, 5.74) is 0.758. The molecule has 4 heterocycles. The van der Waals surface area contributed by atoms with E-state index in [1.807, 2.05) is 17.8 Å². The van der Waals surface area contributed by atoms with Crippen LogP contribution in [-0.2, 0) is 32.7 Å². The molecule has 1 aromatic rings. The van der Waals surface area contributed by atoms with Gasteiger partial charge >= 0.3 is 12.1 Å². The van der Waals surface area contributed by atoms with Gasteiger partial charge in [0.05, 0.1) is 31.7 Å². The molecule has 3 aliphatic heterocycles. The minimum Gasteiger partial charge on any atom is -0.457 e. The molecular weight excluding hydrogens is 534 g/mol. The van der Waals surface area contributed by atoms with Gasteiger partial charge in [-0.15, -0.1) is 11.8 Å². The first kappa shape index (κ1) is 29.4. The second-order valence-electron chi connectivity index (χ2n) is 10.4. The van der Waals surface area contributed by atoms with Crippen molar-refractivity contribution in [3.05, 3.63) is 54.1 Å². The van der Waals surface area contributed by atoms with E-state index in [0.717, 1.165) is 4.91 Å². The number of imidazole rings is 1. The minimum atomic E-state index is -0.839. The van der Waals surface area contributed by atoms with Crippen molar-refractivity contribution in [1.82, 2.24) is 14.4 Å². The highest BCUT2D eigenvalue weighted by Crippen LogP contribution is 2.52. The molecule has 2 amide bonds. The molecule has 12 heteroatoms. The fourth-order valence-electron chi connectivity index (χ4n) is 5.82. The molecule has 6 atom stereocenters. The zero-order valence-electron chi connectivity index (χ0n) is 23.1. The SMILES string of the molecule is C=CCOC(=O)C1=C(S[C@H]2C[C@@H](CC[n+]3cc(C#N)n(C)c3)N(C(=O)OCC=C)C2)[C@H](C)[C@@H]2[C@@H]([C@@H](C)O)C(=O)N12. The number of likely N-dealkylation sites (tertiary alicyclic amines) is 1. The Morgan fingerprint density at radius 2 is 2.02 bits per heavy atom. The summed E-state index contributed by atoms with van der Waals surface area (Å²) in [7, 11) is 1.81. The van der Waals surface area contributed by atoms with Gasteiger partial charge in [-0.1, -0.05) is 32.2 Å². The third-order valence-electron chi connectivity index (χ3n) is 7.69. The van der Waals surface area contributed by atoms with Gasteiger partial charge in [0.2, 0.25) is 17.9 Å². The number of aliphatic hydroxyl groups excluding tert-OH is 1. The number of esters is 1. The average molecular weight is 571 g/mol. The number of fused-ring (bicyclic) bond motifs is 1. The second kappa shape index (κ2) is 12.3. The van der Waals surface area contributed by atoms with E-state index < -0.39 is 24.1 Å². The Kier molecular flexibility index (Phi) is 9.05. The van der Waals surface area contributed by atoms with Gasteiger partial charge in [-0.3, -0.25) is 4.79 Å². The number of carbonyl (C=O) groups is 3. The third-order valence-corrected chi connectivity index (χ3v) is 9.18. The average Bonchev–Trinajstić information content (AvgIpc) is 3.57. The standard InChI is InChI=1S/C28H36N5O6S/c1-6-10-38-27(36)24-25(17(3)23-22(18(4)34)26(35)33(23)24)40-21-12-19(32(15-21)28(37)39-11-7-2)8-9-31-14-20(13-29)30(5)16-31/h6-7,14,16-19,21-23,34H,1-2,8-12,15H2,3-5H3/q+1/t17-,18-,19-,21+,22-,23-/m1/s1. The lowest BCUT2D eigenvalue weighted by Crippen LogP contribution is -2.63. The maximum Gasteiger partial charge on any atom is 0.410 e. The molecule has 0 unspecified atom stereocenters. The molecule has 1 N–H and O–H groups in total. The van der Waals surface area contributed by atoms with E-state index >= 15 is 0 Å². The molecule has 4 rings (SSSR count). The first-order chi connectivity index (χ1) is 19.1. The van der Waals surface area contributed by atoms with E-state index in [4.69, 9.17) is 9.47 Å². The van der Waals surface area contributed by atoms with Crippen molar-refractivity contribution in [2.75, 3.05) is 19.8 Å². The summed E-state index contributed by atoms with van der Waals surface area (Å²) >= 11 is 1.49. The van der Waals surface area contributed by atoms with Crippen LogP contribution in [0.2, 0.25) is 0 Å². The Bertz CT molecular complexity index is 1270. The zero-order chi connectivity index (χ0) is 29.1. The zero-order valence-corrected chi connectivity index (χ0v) is 23.9. The molecule has 0 aliphatic carbocycles. The number of amides is 2. The number of ether oxygens (including phenoxy) is 2. The van der Waals surface area contributed by atoms with Crippen molar-refractivity contribution in [3.63, 3.8) is 0 Å². The van der Waals surface area contributed by atoms with Crippen molar-refractivity contribution in [2.45, 2.75) is 56.7 Å². The van der Waals surface area contributed by atoms with Crippen LogP contribution in [0.5, 0.6) is 0 Å². The first-order valence-electron chi connectivity index (χ1n) is 13.3. The number of aryl methyl sites for hydroxylation is 2. The van der Waals surface area contributed by atoms with Crippen LogP contribution in [0.15, 0.2) is 48.4 Å². The number of hydrogen-bond donors (Lipinski definition) is 1. The van der Waals surface area contributed by atoms with Crippen molar-refractivity contribution in [2.24, 2.45) is 18.9 Å². The summed E-state index contributed by atoms with van der Waals surface area (Å²) in [6.45, 7) is 11.9. The highest BCUT2D eigenvalue weighted by molar-refractivity contribution is 8.03. The minimum absolute atomic E-state index is 0.0142. The van der Waals surface area contributed by atoms with Gasteiger partial charge in [0.25, 0.3) is 0 Å². The number of thioether (sulfide) groups is 1. The lowest BCUT2D eigenvalue weighted by Gasteiger charge is -2.46. The summed E-state index contributed by atoms with van der Waals surface area (Å²) in [6.07, 6.45) is 6.61. The van der Waals surface area contributed by atoms with E-state index in [1.54, 1.807) is 29.6 Å². The number of β-lactam (4-membered cyclic amide) rings is 1. The van der Waals surface area contributed by atoms with E-state index in [9.17, 15) is 24.8 Å². The van der Waals surface area contributed by atoms with Gasteiger partial charge < -0.3 is 24.4 Å². The van der Waals surface area contributed by atoms with Crippen molar-refractivity contribution in [1.29, 1.82) is 5.26 Å². The Hall–Kier alpha value is -3.56. The van der Waals surface area contributed by atoms with E-state index in [2.05, 4.69) is 19.2 Å². The van der Waals surface area contributed by atoms with Crippen LogP contribution in [0.25, 0.3) is 0 Å². The lowest BCUT2D eigenvalue weighted by atomic mass is 9.79. The molecule has 0 bridgehead atoms. The second-order valence-corrected chi connectivity index (χ2v) is 11.7. The number of aromatic nitrogens is 2. The van der Waals surface area contributed by atoms with Gasteiger partial charge in [-0.2, -0.15) is 5.26 Å². The van der Waals surface area contributed by atoms with Crippen molar-refractivity contribution < 1.29 is 33.5 Å². The number of aliphatic hydroxyl groups is 1. The quantitative estimate of drug-likeness (QED) is 0.185. The molecule has 2 fully saturated rings. The summed E-state index contributed by atoms with van der Waals surface area (Å²) < 4.78 is 14.4. The monoisotopic (exact) mass is 570 g/mol. The van der Waals surface area contributed by atoms with Gasteiger partial charge in [-0.25, -0.2) is 18.7 Å². The molecule has 0 aromatic carbocycles. The molecule has 214 valence electrons. The number of rotatable bonds is 11. The van der Waals surface area contributed by atoms with Gasteiger partial charge in [0.15, 0.2) is 0 Å². The van der Waals surface area contributed by atoms with Gasteiger partial charge in [-0.05, 0) is 13.3 Å². The molecule has 0 spiro atoms. The summed E-state index contributed by atoms with van der Waals surface area (Å²) in [4.78, 5) is 42.9. The first-order valence-corrected chi connectivity index (χ1v) is 14.2. The summed E-state index contributed by atoms with van der Waals surface area (Å²) in [5.74, 6) is -1.65.